The molecule has 2 atom stereocenters. The summed E-state index contributed by atoms with van der Waals surface area (Å²) in [6, 6.07) is 1.55. The number of fused-ring (bicyclic) bond motifs is 1. The minimum absolute atomic E-state index is 0.183. The van der Waals surface area contributed by atoms with Crippen LogP contribution in [0.3, 0.4) is 0 Å². The van der Waals surface area contributed by atoms with Crippen molar-refractivity contribution in [2.45, 2.75) is 49.8 Å². The van der Waals surface area contributed by atoms with Gasteiger partial charge in [0.1, 0.15) is 12.6 Å². The summed E-state index contributed by atoms with van der Waals surface area (Å²) in [6.45, 7) is -8.42. The first kappa shape index (κ1) is 21.8. The minimum atomic E-state index is -4.97. The zero-order valence-corrected chi connectivity index (χ0v) is 20.8. The summed E-state index contributed by atoms with van der Waals surface area (Å²) < 4.78 is 113. The Morgan fingerprint density at radius 3 is 2.60 bits per heavy atom. The maximum atomic E-state index is 14.7. The Bertz CT molecular complexity index is 1680. The number of benzene rings is 1. The molecule has 2 aromatic heterocycles. The third kappa shape index (κ3) is 5.65. The van der Waals surface area contributed by atoms with Crippen LogP contribution < -0.4 is 11.0 Å². The van der Waals surface area contributed by atoms with Crippen molar-refractivity contribution in [2.24, 2.45) is 0 Å². The maximum Gasteiger partial charge on any atom is 0.406 e. The monoisotopic (exact) mass is 571 g/mol. The number of halogens is 5. The second kappa shape index (κ2) is 10.9. The molecular weight excluding hydrogens is 539 g/mol. The predicted molar refractivity (Wildman–Crippen MR) is 133 cm³/mol. The topological polar surface area (TPSA) is 103 Å². The van der Waals surface area contributed by atoms with E-state index in [1.807, 2.05) is 0 Å². The summed E-state index contributed by atoms with van der Waals surface area (Å²) in [6.07, 6.45) is -5.75. The second-order valence-electron chi connectivity index (χ2n) is 9.44. The fourth-order valence-corrected chi connectivity index (χ4v) is 4.91. The summed E-state index contributed by atoms with van der Waals surface area (Å²) in [7, 11) is 0. The Labute approximate surface area is 232 Å². The van der Waals surface area contributed by atoms with Gasteiger partial charge in [-0.15, -0.1) is 0 Å². The lowest BCUT2D eigenvalue weighted by Gasteiger charge is -2.34. The Kier molecular flexibility index (Phi) is 5.94. The molecule has 2 aliphatic rings. The Hall–Kier alpha value is -3.97. The molecule has 3 amide bonds. The number of hydrogen-bond acceptors (Lipinski definition) is 4. The van der Waals surface area contributed by atoms with Crippen LogP contribution in [0, 0.1) is 11.6 Å². The number of alkyl halides is 3. The van der Waals surface area contributed by atoms with E-state index in [1.165, 1.54) is 18.3 Å². The van der Waals surface area contributed by atoms with Gasteiger partial charge in [-0.1, -0.05) is 12.1 Å². The first-order chi connectivity index (χ1) is 20.8. The molecule has 0 saturated carbocycles. The van der Waals surface area contributed by atoms with Gasteiger partial charge in [0.25, 0.3) is 0 Å². The number of imidazole rings is 1. The maximum absolute atomic E-state index is 14.7. The molecule has 4 heterocycles. The van der Waals surface area contributed by atoms with Crippen molar-refractivity contribution in [3.05, 3.63) is 64.2 Å². The van der Waals surface area contributed by atoms with E-state index in [0.717, 1.165) is 22.8 Å². The molecule has 2 N–H and O–H groups in total. The third-order valence-electron chi connectivity index (χ3n) is 6.76. The zero-order chi connectivity index (χ0) is 33.1. The number of rotatable bonds is 4. The highest BCUT2D eigenvalue weighted by atomic mass is 19.4. The highest BCUT2D eigenvalue weighted by Gasteiger charge is 2.40. The van der Waals surface area contributed by atoms with Crippen LogP contribution in [0.2, 0.25) is 0 Å². The molecular formula is C26H27F5N6O3. The van der Waals surface area contributed by atoms with Crippen LogP contribution >= 0.6 is 0 Å². The van der Waals surface area contributed by atoms with E-state index < -0.39 is 111 Å². The second-order valence-corrected chi connectivity index (χ2v) is 9.44. The van der Waals surface area contributed by atoms with Crippen molar-refractivity contribution in [1.82, 2.24) is 29.7 Å². The molecule has 0 radical (unpaired) electrons. The molecule has 9 nitrogen and oxygen atoms in total. The van der Waals surface area contributed by atoms with Crippen LogP contribution in [0.25, 0.3) is 11.2 Å². The van der Waals surface area contributed by atoms with Gasteiger partial charge < -0.3 is 15.1 Å². The van der Waals surface area contributed by atoms with E-state index in [-0.39, 0.29) is 21.0 Å². The average molecular weight is 572 g/mol. The number of carbonyl (C=O) groups is 2. The fraction of sp³-hybridized carbons (Fsp3) is 0.462. The van der Waals surface area contributed by atoms with Gasteiger partial charge in [0, 0.05) is 44.5 Å². The molecule has 0 aliphatic carbocycles. The van der Waals surface area contributed by atoms with Crippen molar-refractivity contribution < 1.29 is 38.4 Å². The van der Waals surface area contributed by atoms with Crippen LogP contribution in [-0.4, -0.2) is 74.6 Å². The molecule has 1 aromatic carbocycles. The van der Waals surface area contributed by atoms with E-state index in [4.69, 9.17) is 6.85 Å². The lowest BCUT2D eigenvalue weighted by atomic mass is 9.93. The van der Waals surface area contributed by atoms with Crippen LogP contribution in [-0.2, 0) is 4.79 Å². The minimum Gasteiger partial charge on any atom is -0.331 e. The molecule has 0 bridgehead atoms. The number of aromatic amines is 1. The van der Waals surface area contributed by atoms with E-state index >= 15 is 0 Å². The number of amides is 3. The molecule has 5 rings (SSSR count). The summed E-state index contributed by atoms with van der Waals surface area (Å²) in [5.41, 5.74) is -0.811. The SMILES string of the molecule is [2H]C1([2H])CC(n2c(=O)[nH]c3ncccc32)CC([2H])([2H])N1C(=O)N[C@@H]1CC[C@@]([2H])(c2cccc(F)c2F)CN(CC(F)(F)F)C1=O. The quantitative estimate of drug-likeness (QED) is 0.467. The number of H-pyrrole nitrogens is 1. The normalized spacial score (nSPS) is 27.3. The number of carbonyl (C=O) groups excluding carboxylic acids is 2. The lowest BCUT2D eigenvalue weighted by Crippen LogP contribution is -2.54. The van der Waals surface area contributed by atoms with Crippen molar-refractivity contribution in [3.8, 4) is 0 Å². The van der Waals surface area contributed by atoms with Gasteiger partial charge in [-0.3, -0.25) is 14.3 Å². The van der Waals surface area contributed by atoms with Gasteiger partial charge in [-0.05, 0) is 49.4 Å². The first-order valence-electron chi connectivity index (χ1n) is 14.8. The van der Waals surface area contributed by atoms with Gasteiger partial charge in [0.05, 0.1) is 5.52 Å². The first-order valence-corrected chi connectivity index (χ1v) is 12.3. The Balaban J connectivity index is 1.42. The molecule has 14 heteroatoms. The highest BCUT2D eigenvalue weighted by molar-refractivity contribution is 5.87. The molecule has 0 unspecified atom stereocenters. The summed E-state index contributed by atoms with van der Waals surface area (Å²) in [5.74, 6) is -6.39. The van der Waals surface area contributed by atoms with Crippen LogP contribution in [0.5, 0.6) is 0 Å². The number of pyridine rings is 1. The van der Waals surface area contributed by atoms with E-state index in [2.05, 4.69) is 15.3 Å². The summed E-state index contributed by atoms with van der Waals surface area (Å²) in [5, 5.41) is 2.12. The van der Waals surface area contributed by atoms with Gasteiger partial charge in [-0.2, -0.15) is 13.2 Å². The number of likely N-dealkylation sites (tertiary alicyclic amines) is 2. The highest BCUT2D eigenvalue weighted by Crippen LogP contribution is 2.32. The molecule has 2 fully saturated rings. The van der Waals surface area contributed by atoms with Crippen LogP contribution in [0.4, 0.5) is 26.7 Å². The molecule has 40 heavy (non-hydrogen) atoms. The number of nitrogens with one attached hydrogen (secondary N) is 2. The standard InChI is InChI=1S/C26H27F5N6O3/c27-18-4-1-3-17(21(18)28)15-6-7-19(23(38)36(13-15)14-26(29,30)31)33-24(39)35-11-8-16(9-12-35)37-20-5-2-10-32-22(20)34-25(37)40/h1-5,10,15-16,19H,6-9,11-14H2,(H,33,39)(H,32,34,40)/t15-,19-/m1/s1/i11D2,12D2,15D. The Morgan fingerprint density at radius 1 is 1.12 bits per heavy atom. The lowest BCUT2D eigenvalue weighted by molar-refractivity contribution is -0.162. The van der Waals surface area contributed by atoms with E-state index in [9.17, 15) is 36.3 Å². The molecule has 214 valence electrons. The van der Waals surface area contributed by atoms with Crippen LogP contribution in [0.1, 0.15) is 50.0 Å². The molecule has 2 saturated heterocycles. The van der Waals surface area contributed by atoms with E-state index in [1.54, 1.807) is 0 Å². The predicted octanol–water partition coefficient (Wildman–Crippen LogP) is 3.69. The number of aromatic nitrogens is 3. The van der Waals surface area contributed by atoms with Crippen LogP contribution in [0.15, 0.2) is 41.3 Å². The number of piperidine rings is 1. The third-order valence-corrected chi connectivity index (χ3v) is 6.76. The van der Waals surface area contributed by atoms with Gasteiger partial charge in [0.2, 0.25) is 5.91 Å². The molecule has 3 aromatic rings. The summed E-state index contributed by atoms with van der Waals surface area (Å²) >= 11 is 0. The van der Waals surface area contributed by atoms with Gasteiger partial charge in [-0.25, -0.2) is 23.4 Å². The van der Waals surface area contributed by atoms with Gasteiger partial charge in [0.15, 0.2) is 17.3 Å². The Morgan fingerprint density at radius 2 is 1.88 bits per heavy atom. The van der Waals surface area contributed by atoms with Gasteiger partial charge >= 0.3 is 17.9 Å². The average Bonchev–Trinajstić information content (AvgIpc) is 3.19. The number of nitrogens with zero attached hydrogens (tertiary/aromatic N) is 4. The van der Waals surface area contributed by atoms with Crippen molar-refractivity contribution in [2.75, 3.05) is 26.1 Å². The summed E-state index contributed by atoms with van der Waals surface area (Å²) in [4.78, 5) is 46.4. The largest absolute Gasteiger partial charge is 0.406 e. The smallest absolute Gasteiger partial charge is 0.331 e. The molecule has 0 spiro atoms. The zero-order valence-electron chi connectivity index (χ0n) is 25.8. The van der Waals surface area contributed by atoms with Crippen molar-refractivity contribution >= 4 is 23.1 Å². The van der Waals surface area contributed by atoms with Crippen molar-refractivity contribution in [3.63, 3.8) is 0 Å². The number of urea groups is 1. The van der Waals surface area contributed by atoms with E-state index in [0.29, 0.717) is 0 Å². The number of hydrogen-bond donors (Lipinski definition) is 2. The molecule has 2 aliphatic heterocycles. The fourth-order valence-electron chi connectivity index (χ4n) is 4.91. The van der Waals surface area contributed by atoms with Crippen molar-refractivity contribution in [1.29, 1.82) is 0 Å².